The Hall–Kier alpha value is -1.00. The van der Waals surface area contributed by atoms with Crippen molar-refractivity contribution in [3.05, 3.63) is 35.9 Å². The maximum Gasteiger partial charge on any atom is 0.285 e. The second-order valence-corrected chi connectivity index (χ2v) is 5.69. The number of aliphatic hydroxyl groups is 1. The number of nitrogens with one attached hydrogen (secondary N) is 1. The highest BCUT2D eigenvalue weighted by molar-refractivity contribution is 5.20. The SMILES string of the molecule is OCC1CCCCC1CNCC(F)(F)c1ccccc1. The van der Waals surface area contributed by atoms with Crippen molar-refractivity contribution in [2.45, 2.75) is 31.6 Å². The number of benzene rings is 1. The van der Waals surface area contributed by atoms with E-state index < -0.39 is 5.92 Å². The molecule has 2 unspecified atom stereocenters. The molecule has 0 radical (unpaired) electrons. The normalized spacial score (nSPS) is 23.8. The summed E-state index contributed by atoms with van der Waals surface area (Å²) in [6, 6.07) is 7.91. The molecule has 1 saturated carbocycles. The summed E-state index contributed by atoms with van der Waals surface area (Å²) in [6.45, 7) is 0.390. The largest absolute Gasteiger partial charge is 0.396 e. The predicted octanol–water partition coefficient (Wildman–Crippen LogP) is 3.17. The van der Waals surface area contributed by atoms with Gasteiger partial charge in [0.2, 0.25) is 0 Å². The van der Waals surface area contributed by atoms with E-state index in [-0.39, 0.29) is 24.6 Å². The van der Waals surface area contributed by atoms with Crippen molar-refractivity contribution in [3.63, 3.8) is 0 Å². The van der Waals surface area contributed by atoms with Crippen LogP contribution in [0.5, 0.6) is 0 Å². The smallest absolute Gasteiger partial charge is 0.285 e. The van der Waals surface area contributed by atoms with E-state index in [1.54, 1.807) is 18.2 Å². The molecular weight excluding hydrogens is 260 g/mol. The van der Waals surface area contributed by atoms with Crippen molar-refractivity contribution in [3.8, 4) is 0 Å². The Morgan fingerprint density at radius 3 is 2.40 bits per heavy atom. The van der Waals surface area contributed by atoms with E-state index in [0.717, 1.165) is 25.7 Å². The van der Waals surface area contributed by atoms with E-state index in [2.05, 4.69) is 5.32 Å². The van der Waals surface area contributed by atoms with Crippen molar-refractivity contribution in [1.29, 1.82) is 0 Å². The summed E-state index contributed by atoms with van der Waals surface area (Å²) in [7, 11) is 0. The number of rotatable bonds is 6. The third-order valence-electron chi connectivity index (χ3n) is 4.25. The lowest BCUT2D eigenvalue weighted by molar-refractivity contribution is -0.00536. The van der Waals surface area contributed by atoms with Gasteiger partial charge in [0.25, 0.3) is 5.92 Å². The molecule has 2 N–H and O–H groups in total. The number of hydrogen-bond donors (Lipinski definition) is 2. The van der Waals surface area contributed by atoms with Gasteiger partial charge in [0.15, 0.2) is 0 Å². The van der Waals surface area contributed by atoms with Crippen molar-refractivity contribution in [2.24, 2.45) is 11.8 Å². The summed E-state index contributed by atoms with van der Waals surface area (Å²) in [4.78, 5) is 0. The van der Waals surface area contributed by atoms with E-state index in [0.29, 0.717) is 12.5 Å². The Bertz CT molecular complexity index is 397. The van der Waals surface area contributed by atoms with Crippen LogP contribution in [0.1, 0.15) is 31.2 Å². The lowest BCUT2D eigenvalue weighted by Crippen LogP contribution is -2.37. The molecule has 0 amide bonds. The third-order valence-corrected chi connectivity index (χ3v) is 4.25. The second-order valence-electron chi connectivity index (χ2n) is 5.69. The van der Waals surface area contributed by atoms with Crippen LogP contribution < -0.4 is 5.32 Å². The third kappa shape index (κ3) is 4.00. The number of halogens is 2. The zero-order chi connectivity index (χ0) is 14.4. The summed E-state index contributed by atoms with van der Waals surface area (Å²) >= 11 is 0. The van der Waals surface area contributed by atoms with Crippen molar-refractivity contribution in [1.82, 2.24) is 5.32 Å². The molecule has 112 valence electrons. The van der Waals surface area contributed by atoms with Gasteiger partial charge in [0.1, 0.15) is 0 Å². The minimum Gasteiger partial charge on any atom is -0.396 e. The molecule has 2 atom stereocenters. The fourth-order valence-electron chi connectivity index (χ4n) is 2.99. The highest BCUT2D eigenvalue weighted by Crippen LogP contribution is 2.30. The van der Waals surface area contributed by atoms with Crippen LogP contribution in [0.25, 0.3) is 0 Å². The Balaban J connectivity index is 1.82. The fourth-order valence-corrected chi connectivity index (χ4v) is 2.99. The van der Waals surface area contributed by atoms with Gasteiger partial charge < -0.3 is 10.4 Å². The van der Waals surface area contributed by atoms with Crippen LogP contribution >= 0.6 is 0 Å². The molecule has 2 nitrogen and oxygen atoms in total. The van der Waals surface area contributed by atoms with Crippen LogP contribution in [-0.4, -0.2) is 24.8 Å². The van der Waals surface area contributed by atoms with Gasteiger partial charge in [-0.1, -0.05) is 43.2 Å². The van der Waals surface area contributed by atoms with Crippen molar-refractivity contribution >= 4 is 0 Å². The van der Waals surface area contributed by atoms with E-state index in [9.17, 15) is 13.9 Å². The first kappa shape index (κ1) is 15.4. The first-order chi connectivity index (χ1) is 9.63. The molecule has 20 heavy (non-hydrogen) atoms. The minimum absolute atomic E-state index is 0.0508. The maximum atomic E-state index is 14.0. The number of alkyl halides is 2. The van der Waals surface area contributed by atoms with Gasteiger partial charge in [-0.15, -0.1) is 0 Å². The Kier molecular flexibility index (Phi) is 5.49. The predicted molar refractivity (Wildman–Crippen MR) is 75.7 cm³/mol. The molecule has 1 aliphatic carbocycles. The molecular formula is C16H23F2NO. The van der Waals surface area contributed by atoms with Crippen LogP contribution in [0.2, 0.25) is 0 Å². The summed E-state index contributed by atoms with van der Waals surface area (Å²) in [5, 5.41) is 12.2. The first-order valence-corrected chi connectivity index (χ1v) is 7.38. The Labute approximate surface area is 119 Å². The molecule has 0 aliphatic heterocycles. The van der Waals surface area contributed by atoms with Crippen molar-refractivity contribution < 1.29 is 13.9 Å². The van der Waals surface area contributed by atoms with Crippen LogP contribution in [0.15, 0.2) is 30.3 Å². The molecule has 4 heteroatoms. The van der Waals surface area contributed by atoms with E-state index in [1.807, 2.05) is 0 Å². The molecule has 1 fully saturated rings. The highest BCUT2D eigenvalue weighted by Gasteiger charge is 2.31. The van der Waals surface area contributed by atoms with Crippen LogP contribution in [-0.2, 0) is 5.92 Å². The van der Waals surface area contributed by atoms with E-state index in [4.69, 9.17) is 0 Å². The number of hydrogen-bond acceptors (Lipinski definition) is 2. The molecule has 2 rings (SSSR count). The van der Waals surface area contributed by atoms with Crippen LogP contribution in [0.4, 0.5) is 8.78 Å². The fraction of sp³-hybridized carbons (Fsp3) is 0.625. The lowest BCUT2D eigenvalue weighted by Gasteiger charge is -2.31. The van der Waals surface area contributed by atoms with E-state index >= 15 is 0 Å². The van der Waals surface area contributed by atoms with Gasteiger partial charge in [-0.3, -0.25) is 0 Å². The average molecular weight is 283 g/mol. The highest BCUT2D eigenvalue weighted by atomic mass is 19.3. The molecule has 0 aromatic heterocycles. The molecule has 0 bridgehead atoms. The maximum absolute atomic E-state index is 14.0. The molecule has 1 aliphatic rings. The monoisotopic (exact) mass is 283 g/mol. The number of aliphatic hydroxyl groups excluding tert-OH is 1. The minimum atomic E-state index is -2.84. The quantitative estimate of drug-likeness (QED) is 0.840. The molecule has 1 aromatic carbocycles. The lowest BCUT2D eigenvalue weighted by atomic mass is 9.79. The van der Waals surface area contributed by atoms with Crippen LogP contribution in [0.3, 0.4) is 0 Å². The standard InChI is InChI=1S/C16H23F2NO/c17-16(18,15-8-2-1-3-9-15)12-19-10-13-6-4-5-7-14(13)11-20/h1-3,8-9,13-14,19-20H,4-7,10-12H2. The molecule has 1 aromatic rings. The summed E-state index contributed by atoms with van der Waals surface area (Å²) in [5.41, 5.74) is 0.0508. The van der Waals surface area contributed by atoms with Gasteiger partial charge in [0, 0.05) is 12.2 Å². The van der Waals surface area contributed by atoms with Crippen molar-refractivity contribution in [2.75, 3.05) is 19.7 Å². The van der Waals surface area contributed by atoms with Gasteiger partial charge >= 0.3 is 0 Å². The van der Waals surface area contributed by atoms with Gasteiger partial charge in [-0.25, -0.2) is 0 Å². The first-order valence-electron chi connectivity index (χ1n) is 7.38. The summed E-state index contributed by atoms with van der Waals surface area (Å²) < 4.78 is 28.0. The molecule has 0 heterocycles. The molecule has 0 spiro atoms. The Morgan fingerprint density at radius 1 is 1.10 bits per heavy atom. The zero-order valence-corrected chi connectivity index (χ0v) is 11.7. The summed E-state index contributed by atoms with van der Waals surface area (Å²) in [6.07, 6.45) is 4.31. The van der Waals surface area contributed by atoms with Crippen LogP contribution in [0, 0.1) is 11.8 Å². The Morgan fingerprint density at radius 2 is 1.75 bits per heavy atom. The average Bonchev–Trinajstić information content (AvgIpc) is 2.48. The van der Waals surface area contributed by atoms with Gasteiger partial charge in [-0.2, -0.15) is 8.78 Å². The topological polar surface area (TPSA) is 32.3 Å². The van der Waals surface area contributed by atoms with E-state index in [1.165, 1.54) is 12.1 Å². The summed E-state index contributed by atoms with van der Waals surface area (Å²) in [5.74, 6) is -2.26. The zero-order valence-electron chi connectivity index (χ0n) is 11.7. The second kappa shape index (κ2) is 7.14. The van der Waals surface area contributed by atoms with Gasteiger partial charge in [0.05, 0.1) is 6.54 Å². The molecule has 0 saturated heterocycles. The van der Waals surface area contributed by atoms with Gasteiger partial charge in [-0.05, 0) is 31.2 Å².